The monoisotopic (exact) mass is 663 g/mol. The molecular formula is C36H39N9O4. The summed E-state index contributed by atoms with van der Waals surface area (Å²) in [5.74, 6) is 0.123. The highest BCUT2D eigenvalue weighted by Crippen LogP contribution is 2.31. The molecule has 2 aromatic carbocycles. The van der Waals surface area contributed by atoms with E-state index in [-0.39, 0.29) is 26.1 Å². The summed E-state index contributed by atoms with van der Waals surface area (Å²) in [5, 5.41) is 15.6. The van der Waals surface area contributed by atoms with Crippen molar-refractivity contribution in [3.8, 4) is 28.5 Å². The molecule has 0 radical (unpaired) electrons. The van der Waals surface area contributed by atoms with Crippen LogP contribution in [0, 0.1) is 0 Å². The van der Waals surface area contributed by atoms with E-state index < -0.39 is 23.9 Å². The standard InChI is InChI=1S/C36H39N9O4/c1-4-49-31-12-9-27(20-37-31)33-29-19-28(10-11-30(29)40-41-33)39-35(47)36(48-3)15-18-44(22-36)21-32(46)45-16-13-25(14-17-45)24-5-7-26(8-6-24)34-38-23-43(2)42-34/h5-13,19-20,23H,4,14-18,21-22H2,1-3H3,(H,39,47)(H,40,41)/i21D2. The number of carbonyl (C=O) groups excluding carboxylic acids is 2. The Morgan fingerprint density at radius 2 is 1.88 bits per heavy atom. The molecule has 2 aliphatic heterocycles. The number of benzene rings is 2. The first-order valence-corrected chi connectivity index (χ1v) is 16.2. The van der Waals surface area contributed by atoms with Crippen LogP contribution in [0.25, 0.3) is 39.1 Å². The fourth-order valence-corrected chi connectivity index (χ4v) is 6.26. The molecule has 2 amide bonds. The van der Waals surface area contributed by atoms with Crippen LogP contribution in [0.4, 0.5) is 5.69 Å². The molecule has 5 aromatic rings. The van der Waals surface area contributed by atoms with E-state index in [2.05, 4.69) is 30.6 Å². The minimum absolute atomic E-state index is 0.0858. The van der Waals surface area contributed by atoms with Gasteiger partial charge in [-0.05, 0) is 55.2 Å². The number of hydrogen-bond donors (Lipinski definition) is 2. The second kappa shape index (κ2) is 13.6. The molecule has 1 unspecified atom stereocenters. The van der Waals surface area contributed by atoms with Gasteiger partial charge in [0.2, 0.25) is 11.8 Å². The highest BCUT2D eigenvalue weighted by Gasteiger charge is 2.45. The predicted molar refractivity (Wildman–Crippen MR) is 186 cm³/mol. The van der Waals surface area contributed by atoms with Crippen molar-refractivity contribution in [2.75, 3.05) is 51.7 Å². The van der Waals surface area contributed by atoms with Crippen molar-refractivity contribution >= 4 is 34.0 Å². The number of ether oxygens (including phenoxy) is 2. The molecule has 2 N–H and O–H groups in total. The van der Waals surface area contributed by atoms with Crippen LogP contribution in [0.3, 0.4) is 0 Å². The minimum Gasteiger partial charge on any atom is -0.478 e. The van der Waals surface area contributed by atoms with E-state index in [0.29, 0.717) is 42.7 Å². The molecule has 3 aromatic heterocycles. The van der Waals surface area contributed by atoms with E-state index in [0.717, 1.165) is 33.2 Å². The summed E-state index contributed by atoms with van der Waals surface area (Å²) in [4.78, 5) is 39.0. The number of amides is 2. The SMILES string of the molecule is [2H]C([2H])(C(=O)N1CC=C(c2ccc(-c3ncn(C)n3)cc2)CC1)N1CCC(OC)(C(=O)Nc2ccc3[nH]nc(-c4ccc(OCC)nc4)c3c2)C1. The van der Waals surface area contributed by atoms with E-state index in [4.69, 9.17) is 12.2 Å². The maximum Gasteiger partial charge on any atom is 0.258 e. The third kappa shape index (κ3) is 6.67. The Labute approximate surface area is 286 Å². The zero-order chi connectivity index (χ0) is 35.8. The van der Waals surface area contributed by atoms with Gasteiger partial charge in [-0.3, -0.25) is 24.3 Å². The molecule has 0 bridgehead atoms. The third-order valence-electron chi connectivity index (χ3n) is 9.02. The number of aryl methyl sites for hydroxylation is 1. The second-order valence-electron chi connectivity index (χ2n) is 12.1. The van der Waals surface area contributed by atoms with Crippen LogP contribution in [0.15, 0.2) is 73.2 Å². The molecule has 252 valence electrons. The number of methoxy groups -OCH3 is 1. The van der Waals surface area contributed by atoms with Gasteiger partial charge in [0.25, 0.3) is 5.91 Å². The molecule has 49 heavy (non-hydrogen) atoms. The molecule has 5 heterocycles. The second-order valence-corrected chi connectivity index (χ2v) is 12.1. The number of fused-ring (bicyclic) bond motifs is 1. The Bertz CT molecular complexity index is 2100. The van der Waals surface area contributed by atoms with Crippen LogP contribution in [-0.4, -0.2) is 104 Å². The van der Waals surface area contributed by atoms with Crippen molar-refractivity contribution in [1.82, 2.24) is 39.7 Å². The Morgan fingerprint density at radius 3 is 2.57 bits per heavy atom. The molecule has 0 spiro atoms. The number of aromatic amines is 1. The fraction of sp³-hybridized carbons (Fsp3) is 0.333. The molecule has 0 saturated carbocycles. The van der Waals surface area contributed by atoms with Crippen LogP contribution < -0.4 is 10.1 Å². The van der Waals surface area contributed by atoms with Gasteiger partial charge in [0.15, 0.2) is 11.4 Å². The predicted octanol–water partition coefficient (Wildman–Crippen LogP) is 4.16. The van der Waals surface area contributed by atoms with Gasteiger partial charge >= 0.3 is 0 Å². The highest BCUT2D eigenvalue weighted by molar-refractivity contribution is 6.01. The van der Waals surface area contributed by atoms with Crippen molar-refractivity contribution in [2.45, 2.75) is 25.4 Å². The Kier molecular flexibility index (Phi) is 8.25. The largest absolute Gasteiger partial charge is 0.478 e. The number of likely N-dealkylation sites (tertiary alicyclic amines) is 1. The Morgan fingerprint density at radius 1 is 1.06 bits per heavy atom. The number of nitrogens with one attached hydrogen (secondary N) is 2. The normalized spacial score (nSPS) is 19.0. The smallest absolute Gasteiger partial charge is 0.258 e. The van der Waals surface area contributed by atoms with E-state index in [9.17, 15) is 9.59 Å². The lowest BCUT2D eigenvalue weighted by Crippen LogP contribution is -2.48. The van der Waals surface area contributed by atoms with Crippen molar-refractivity contribution in [3.05, 3.63) is 78.8 Å². The molecule has 13 nitrogen and oxygen atoms in total. The van der Waals surface area contributed by atoms with Crippen molar-refractivity contribution in [2.24, 2.45) is 7.05 Å². The van der Waals surface area contributed by atoms with Crippen LogP contribution in [0.2, 0.25) is 0 Å². The lowest BCUT2D eigenvalue weighted by molar-refractivity contribution is -0.138. The maximum absolute atomic E-state index is 13.8. The van der Waals surface area contributed by atoms with Crippen LogP contribution in [0.1, 0.15) is 28.1 Å². The van der Waals surface area contributed by atoms with Gasteiger partial charge in [-0.1, -0.05) is 30.3 Å². The molecule has 7 rings (SSSR count). The average molecular weight is 664 g/mol. The van der Waals surface area contributed by atoms with Crippen LogP contribution >= 0.6 is 0 Å². The zero-order valence-electron chi connectivity index (χ0n) is 29.6. The first-order chi connectivity index (χ1) is 24.6. The van der Waals surface area contributed by atoms with E-state index in [1.54, 1.807) is 29.3 Å². The number of aromatic nitrogens is 6. The number of nitrogens with zero attached hydrogens (tertiary/aromatic N) is 7. The van der Waals surface area contributed by atoms with E-state index >= 15 is 0 Å². The van der Waals surface area contributed by atoms with Gasteiger partial charge < -0.3 is 19.7 Å². The van der Waals surface area contributed by atoms with E-state index in [1.807, 2.05) is 62.5 Å². The summed E-state index contributed by atoms with van der Waals surface area (Å²) in [6, 6.07) is 17.1. The summed E-state index contributed by atoms with van der Waals surface area (Å²) in [7, 11) is 3.26. The fourth-order valence-electron chi connectivity index (χ4n) is 6.26. The summed E-state index contributed by atoms with van der Waals surface area (Å²) >= 11 is 0. The van der Waals surface area contributed by atoms with Crippen LogP contribution in [-0.2, 0) is 21.4 Å². The molecule has 1 saturated heterocycles. The van der Waals surface area contributed by atoms with Crippen molar-refractivity contribution < 1.29 is 21.8 Å². The molecule has 1 atom stereocenters. The first kappa shape index (κ1) is 29.7. The number of pyridine rings is 1. The Balaban J connectivity index is 1.00. The number of rotatable bonds is 10. The van der Waals surface area contributed by atoms with Gasteiger partial charge in [-0.25, -0.2) is 9.97 Å². The van der Waals surface area contributed by atoms with Gasteiger partial charge in [-0.15, -0.1) is 0 Å². The lowest BCUT2D eigenvalue weighted by Gasteiger charge is -2.30. The van der Waals surface area contributed by atoms with Gasteiger partial charge in [0.1, 0.15) is 12.0 Å². The van der Waals surface area contributed by atoms with Gasteiger partial charge in [0.05, 0.1) is 21.4 Å². The van der Waals surface area contributed by atoms with Crippen LogP contribution in [0.5, 0.6) is 5.88 Å². The number of carbonyl (C=O) groups is 2. The third-order valence-corrected chi connectivity index (χ3v) is 9.02. The number of anilines is 1. The van der Waals surface area contributed by atoms with Gasteiger partial charge in [-0.2, -0.15) is 10.2 Å². The van der Waals surface area contributed by atoms with Gasteiger partial charge in [0, 0.05) is 74.8 Å². The molecule has 13 heteroatoms. The first-order valence-electron chi connectivity index (χ1n) is 17.2. The molecule has 0 aliphatic carbocycles. The summed E-state index contributed by atoms with van der Waals surface area (Å²) in [6.45, 7) is 0.822. The summed E-state index contributed by atoms with van der Waals surface area (Å²) in [5.41, 5.74) is 4.46. The molecule has 1 fully saturated rings. The summed E-state index contributed by atoms with van der Waals surface area (Å²) < 4.78 is 30.6. The lowest BCUT2D eigenvalue weighted by atomic mass is 9.98. The summed E-state index contributed by atoms with van der Waals surface area (Å²) in [6.07, 6.45) is 6.12. The number of hydrogen-bond acceptors (Lipinski definition) is 9. The Hall–Kier alpha value is -5.40. The molecule has 2 aliphatic rings. The molecular weight excluding hydrogens is 622 g/mol. The highest BCUT2D eigenvalue weighted by atomic mass is 16.5. The topological polar surface area (TPSA) is 143 Å². The average Bonchev–Trinajstić information content (AvgIpc) is 3.91. The maximum atomic E-state index is 13.8. The van der Waals surface area contributed by atoms with Crippen molar-refractivity contribution in [1.29, 1.82) is 0 Å². The minimum atomic E-state index is -2.33. The number of H-pyrrole nitrogens is 1. The zero-order valence-corrected chi connectivity index (χ0v) is 27.6. The quantitative estimate of drug-likeness (QED) is 0.225. The van der Waals surface area contributed by atoms with E-state index in [1.165, 1.54) is 16.9 Å². The van der Waals surface area contributed by atoms with Crippen molar-refractivity contribution in [3.63, 3.8) is 0 Å².